The van der Waals surface area contributed by atoms with Crippen LogP contribution >= 0.6 is 0 Å². The topological polar surface area (TPSA) is 24.5 Å². The summed E-state index contributed by atoms with van der Waals surface area (Å²) in [5, 5.41) is 3.42. The lowest BCUT2D eigenvalue weighted by molar-refractivity contribution is 0.145. The van der Waals surface area contributed by atoms with Crippen molar-refractivity contribution in [3.8, 4) is 0 Å². The highest BCUT2D eigenvalue weighted by Crippen LogP contribution is 2.15. The average Bonchev–Trinajstić information content (AvgIpc) is 2.30. The number of hydrogen-bond acceptors (Lipinski definition) is 3. The van der Waals surface area contributed by atoms with E-state index in [0.29, 0.717) is 0 Å². The van der Waals surface area contributed by atoms with E-state index in [1.165, 1.54) is 38.8 Å². The van der Waals surface area contributed by atoms with Crippen LogP contribution in [-0.4, -0.2) is 50.3 Å². The highest BCUT2D eigenvalue weighted by atomic mass is 16.5. The molecule has 0 aliphatic carbocycles. The van der Waals surface area contributed by atoms with Crippen molar-refractivity contribution >= 4 is 0 Å². The highest BCUT2D eigenvalue weighted by Gasteiger charge is 2.16. The maximum absolute atomic E-state index is 5.27. The Labute approximate surface area is 101 Å². The number of nitrogens with zero attached hydrogens (tertiary/aromatic N) is 1. The Bertz CT molecular complexity index is 164. The van der Waals surface area contributed by atoms with E-state index in [9.17, 15) is 0 Å². The van der Waals surface area contributed by atoms with Gasteiger partial charge < -0.3 is 15.0 Å². The van der Waals surface area contributed by atoms with Gasteiger partial charge in [-0.2, -0.15) is 0 Å². The molecule has 3 heteroatoms. The number of likely N-dealkylation sites (tertiary alicyclic amines) is 1. The van der Waals surface area contributed by atoms with Crippen molar-refractivity contribution < 1.29 is 4.74 Å². The summed E-state index contributed by atoms with van der Waals surface area (Å²) in [6, 6.07) is 0.803. The van der Waals surface area contributed by atoms with E-state index in [2.05, 4.69) is 17.1 Å². The van der Waals surface area contributed by atoms with Crippen molar-refractivity contribution in [1.82, 2.24) is 10.2 Å². The van der Waals surface area contributed by atoms with Crippen LogP contribution in [0.15, 0.2) is 0 Å². The molecule has 0 spiro atoms. The van der Waals surface area contributed by atoms with Gasteiger partial charge in [-0.15, -0.1) is 0 Å². The van der Waals surface area contributed by atoms with Gasteiger partial charge in [-0.1, -0.05) is 6.42 Å². The lowest BCUT2D eigenvalue weighted by atomic mass is 10.0. The molecule has 1 rings (SSSR count). The smallest absolute Gasteiger partial charge is 0.0590 e. The Morgan fingerprint density at radius 3 is 2.94 bits per heavy atom. The summed E-state index contributed by atoms with van der Waals surface area (Å²) in [4.78, 5) is 2.63. The molecular weight excluding hydrogens is 200 g/mol. The predicted molar refractivity (Wildman–Crippen MR) is 68.9 cm³/mol. The normalized spacial score (nSPS) is 22.5. The van der Waals surface area contributed by atoms with E-state index in [1.807, 2.05) is 6.92 Å². The Morgan fingerprint density at radius 1 is 1.31 bits per heavy atom. The van der Waals surface area contributed by atoms with Gasteiger partial charge >= 0.3 is 0 Å². The first kappa shape index (κ1) is 13.9. The van der Waals surface area contributed by atoms with Crippen LogP contribution in [0.2, 0.25) is 0 Å². The molecule has 0 amide bonds. The van der Waals surface area contributed by atoms with Crippen molar-refractivity contribution in [2.45, 2.75) is 45.6 Å². The van der Waals surface area contributed by atoms with Crippen molar-refractivity contribution in [2.75, 3.05) is 39.4 Å². The van der Waals surface area contributed by atoms with Crippen LogP contribution in [0.1, 0.15) is 39.5 Å². The van der Waals surface area contributed by atoms with Gasteiger partial charge in [0.2, 0.25) is 0 Å². The maximum Gasteiger partial charge on any atom is 0.0590 e. The molecule has 16 heavy (non-hydrogen) atoms. The lowest BCUT2D eigenvalue weighted by Crippen LogP contribution is -2.39. The van der Waals surface area contributed by atoms with Crippen molar-refractivity contribution in [3.63, 3.8) is 0 Å². The third-order valence-electron chi connectivity index (χ3n) is 3.37. The molecule has 1 heterocycles. The minimum absolute atomic E-state index is 0.803. The SMILES string of the molecule is CCOCCNCCCN1CCCCC1C. The van der Waals surface area contributed by atoms with Crippen LogP contribution in [-0.2, 0) is 4.74 Å². The van der Waals surface area contributed by atoms with E-state index in [4.69, 9.17) is 4.74 Å². The number of piperidine rings is 1. The van der Waals surface area contributed by atoms with Gasteiger partial charge in [0.05, 0.1) is 6.61 Å². The summed E-state index contributed by atoms with van der Waals surface area (Å²) in [6.07, 6.45) is 5.46. The summed E-state index contributed by atoms with van der Waals surface area (Å²) >= 11 is 0. The fourth-order valence-corrected chi connectivity index (χ4v) is 2.31. The molecule has 1 saturated heterocycles. The zero-order chi connectivity index (χ0) is 11.6. The largest absolute Gasteiger partial charge is 0.380 e. The van der Waals surface area contributed by atoms with Crippen LogP contribution in [0.5, 0.6) is 0 Å². The van der Waals surface area contributed by atoms with E-state index in [-0.39, 0.29) is 0 Å². The van der Waals surface area contributed by atoms with Gasteiger partial charge in [0.15, 0.2) is 0 Å². The summed E-state index contributed by atoms with van der Waals surface area (Å²) in [6.45, 7) is 10.7. The fourth-order valence-electron chi connectivity index (χ4n) is 2.31. The Hall–Kier alpha value is -0.120. The highest BCUT2D eigenvalue weighted by molar-refractivity contribution is 4.72. The number of nitrogens with one attached hydrogen (secondary N) is 1. The van der Waals surface area contributed by atoms with E-state index >= 15 is 0 Å². The van der Waals surface area contributed by atoms with Crippen LogP contribution in [0, 0.1) is 0 Å². The molecule has 0 aromatic carbocycles. The molecule has 0 aromatic heterocycles. The second-order valence-electron chi connectivity index (χ2n) is 4.68. The van der Waals surface area contributed by atoms with Gasteiger partial charge in [0.25, 0.3) is 0 Å². The van der Waals surface area contributed by atoms with E-state index in [1.54, 1.807) is 0 Å². The molecule has 1 atom stereocenters. The number of hydrogen-bond donors (Lipinski definition) is 1. The van der Waals surface area contributed by atoms with Gasteiger partial charge in [-0.05, 0) is 52.7 Å². The molecule has 0 radical (unpaired) electrons. The molecular formula is C13H28N2O. The van der Waals surface area contributed by atoms with Crippen molar-refractivity contribution in [3.05, 3.63) is 0 Å². The first-order valence-corrected chi connectivity index (χ1v) is 6.87. The third-order valence-corrected chi connectivity index (χ3v) is 3.37. The van der Waals surface area contributed by atoms with E-state index in [0.717, 1.165) is 32.3 Å². The molecule has 1 N–H and O–H groups in total. The first-order valence-electron chi connectivity index (χ1n) is 6.87. The van der Waals surface area contributed by atoms with E-state index < -0.39 is 0 Å². The molecule has 1 aliphatic heterocycles. The van der Waals surface area contributed by atoms with Crippen LogP contribution in [0.4, 0.5) is 0 Å². The summed E-state index contributed by atoms with van der Waals surface area (Å²) in [7, 11) is 0. The molecule has 0 saturated carbocycles. The van der Waals surface area contributed by atoms with Gasteiger partial charge in [0, 0.05) is 19.2 Å². The summed E-state index contributed by atoms with van der Waals surface area (Å²) in [5.74, 6) is 0. The van der Waals surface area contributed by atoms with Crippen molar-refractivity contribution in [1.29, 1.82) is 0 Å². The minimum Gasteiger partial charge on any atom is -0.380 e. The first-order chi connectivity index (χ1) is 7.84. The van der Waals surface area contributed by atoms with Crippen LogP contribution in [0.3, 0.4) is 0 Å². The van der Waals surface area contributed by atoms with Crippen LogP contribution in [0.25, 0.3) is 0 Å². The summed E-state index contributed by atoms with van der Waals surface area (Å²) in [5.41, 5.74) is 0. The lowest BCUT2D eigenvalue weighted by Gasteiger charge is -2.33. The zero-order valence-corrected chi connectivity index (χ0v) is 11.0. The fraction of sp³-hybridized carbons (Fsp3) is 1.00. The third kappa shape index (κ3) is 5.83. The maximum atomic E-state index is 5.27. The molecule has 3 nitrogen and oxygen atoms in total. The molecule has 1 aliphatic rings. The average molecular weight is 228 g/mol. The molecule has 0 bridgehead atoms. The van der Waals surface area contributed by atoms with Gasteiger partial charge in [-0.3, -0.25) is 0 Å². The Balaban J connectivity index is 1.90. The van der Waals surface area contributed by atoms with Gasteiger partial charge in [0.1, 0.15) is 0 Å². The molecule has 1 unspecified atom stereocenters. The Morgan fingerprint density at radius 2 is 2.19 bits per heavy atom. The number of ether oxygens (including phenoxy) is 1. The number of rotatable bonds is 8. The van der Waals surface area contributed by atoms with Gasteiger partial charge in [-0.25, -0.2) is 0 Å². The standard InChI is InChI=1S/C13H28N2O/c1-3-16-12-9-14-8-6-11-15-10-5-4-7-13(15)2/h13-14H,3-12H2,1-2H3. The second-order valence-corrected chi connectivity index (χ2v) is 4.68. The predicted octanol–water partition coefficient (Wildman–Crippen LogP) is 1.88. The molecule has 0 aromatic rings. The monoisotopic (exact) mass is 228 g/mol. The van der Waals surface area contributed by atoms with Crippen molar-refractivity contribution in [2.24, 2.45) is 0 Å². The zero-order valence-electron chi connectivity index (χ0n) is 11.0. The van der Waals surface area contributed by atoms with Crippen LogP contribution < -0.4 is 5.32 Å². The second kappa shape index (κ2) is 8.97. The summed E-state index contributed by atoms with van der Waals surface area (Å²) < 4.78 is 5.27. The minimum atomic E-state index is 0.803. The molecule has 1 fully saturated rings. The molecule has 96 valence electrons. The Kier molecular flexibility index (Phi) is 7.81. The quantitative estimate of drug-likeness (QED) is 0.642.